The van der Waals surface area contributed by atoms with Crippen molar-refractivity contribution in [2.75, 3.05) is 25.9 Å². The standard InChI is InChI=1S/C32H41N7O3/c1-41-26-12-10-23(11-13-26)16-17-35-28(40)9-5-8-25(20-34-19-24-6-3-2-4-7-24)18-27-14-15-29(42-27)39-22-38-30-31(33)36-21-37-32(30)39/h2-4,6-7,10-13,21-22,25,27,29,34H,5,8-9,14-20H2,1H3,(H,35,40)(H2,33,36,37)/t25-,27-,29+/m0/s1. The van der Waals surface area contributed by atoms with E-state index >= 15 is 0 Å². The summed E-state index contributed by atoms with van der Waals surface area (Å²) in [4.78, 5) is 25.4. The molecule has 0 unspecified atom stereocenters. The molecule has 4 N–H and O–H groups in total. The summed E-state index contributed by atoms with van der Waals surface area (Å²) in [5, 5.41) is 6.71. The number of benzene rings is 2. The minimum atomic E-state index is -0.122. The highest BCUT2D eigenvalue weighted by Crippen LogP contribution is 2.34. The number of amides is 1. The van der Waals surface area contributed by atoms with Crippen molar-refractivity contribution in [3.05, 3.63) is 78.4 Å². The summed E-state index contributed by atoms with van der Waals surface area (Å²) in [6.45, 7) is 2.32. The zero-order valence-corrected chi connectivity index (χ0v) is 24.2. The molecule has 4 aromatic rings. The van der Waals surface area contributed by atoms with Gasteiger partial charge in [0.15, 0.2) is 11.5 Å². The van der Waals surface area contributed by atoms with Gasteiger partial charge in [0, 0.05) is 19.5 Å². The van der Waals surface area contributed by atoms with Gasteiger partial charge in [-0.05, 0) is 74.2 Å². The molecule has 222 valence electrons. The predicted molar refractivity (Wildman–Crippen MR) is 163 cm³/mol. The lowest BCUT2D eigenvalue weighted by Crippen LogP contribution is -2.28. The smallest absolute Gasteiger partial charge is 0.220 e. The largest absolute Gasteiger partial charge is 0.497 e. The van der Waals surface area contributed by atoms with Crippen LogP contribution in [0.2, 0.25) is 0 Å². The Kier molecular flexibility index (Phi) is 10.3. The van der Waals surface area contributed by atoms with E-state index in [9.17, 15) is 4.79 Å². The van der Waals surface area contributed by atoms with E-state index in [-0.39, 0.29) is 18.2 Å². The van der Waals surface area contributed by atoms with Crippen LogP contribution in [0.25, 0.3) is 11.2 Å². The van der Waals surface area contributed by atoms with Gasteiger partial charge in [0.1, 0.15) is 23.8 Å². The number of carbonyl (C=O) groups excluding carboxylic acids is 1. The molecule has 10 nitrogen and oxygen atoms in total. The molecule has 0 spiro atoms. The fraction of sp³-hybridized carbons (Fsp3) is 0.438. The van der Waals surface area contributed by atoms with E-state index in [1.54, 1.807) is 13.4 Å². The maximum atomic E-state index is 12.6. The van der Waals surface area contributed by atoms with Gasteiger partial charge >= 0.3 is 0 Å². The molecule has 2 aromatic carbocycles. The summed E-state index contributed by atoms with van der Waals surface area (Å²) in [7, 11) is 1.66. The van der Waals surface area contributed by atoms with Crippen molar-refractivity contribution in [2.24, 2.45) is 5.92 Å². The Morgan fingerprint density at radius 2 is 1.93 bits per heavy atom. The van der Waals surface area contributed by atoms with Crippen LogP contribution in [0.15, 0.2) is 67.3 Å². The molecule has 1 aliphatic rings. The first-order chi connectivity index (χ1) is 20.6. The first kappa shape index (κ1) is 29.5. The van der Waals surface area contributed by atoms with Crippen LogP contribution in [0.4, 0.5) is 5.82 Å². The van der Waals surface area contributed by atoms with Gasteiger partial charge in [-0.1, -0.05) is 42.5 Å². The Morgan fingerprint density at radius 3 is 2.74 bits per heavy atom. The zero-order valence-electron chi connectivity index (χ0n) is 24.2. The van der Waals surface area contributed by atoms with Crippen LogP contribution in [-0.2, 0) is 22.5 Å². The molecule has 3 atom stereocenters. The van der Waals surface area contributed by atoms with Crippen molar-refractivity contribution in [1.29, 1.82) is 0 Å². The molecule has 1 aliphatic heterocycles. The normalized spacial score (nSPS) is 17.4. The first-order valence-electron chi connectivity index (χ1n) is 14.8. The molecular formula is C32H41N7O3. The summed E-state index contributed by atoms with van der Waals surface area (Å²) in [5.41, 5.74) is 9.72. The Morgan fingerprint density at radius 1 is 1.10 bits per heavy atom. The number of aromatic nitrogens is 4. The molecule has 0 saturated carbocycles. The average molecular weight is 572 g/mol. The summed E-state index contributed by atoms with van der Waals surface area (Å²) in [5.74, 6) is 1.71. The molecule has 5 rings (SSSR count). The van der Waals surface area contributed by atoms with Gasteiger partial charge < -0.3 is 25.8 Å². The van der Waals surface area contributed by atoms with E-state index in [1.165, 1.54) is 17.5 Å². The molecule has 2 aromatic heterocycles. The molecule has 0 aliphatic carbocycles. The second-order valence-electron chi connectivity index (χ2n) is 10.9. The van der Waals surface area contributed by atoms with Crippen molar-refractivity contribution in [1.82, 2.24) is 30.2 Å². The van der Waals surface area contributed by atoms with E-state index in [4.69, 9.17) is 15.2 Å². The highest BCUT2D eigenvalue weighted by molar-refractivity contribution is 5.81. The van der Waals surface area contributed by atoms with E-state index < -0.39 is 0 Å². The summed E-state index contributed by atoms with van der Waals surface area (Å²) < 4.78 is 13.7. The molecule has 0 radical (unpaired) electrons. The maximum Gasteiger partial charge on any atom is 0.220 e. The van der Waals surface area contributed by atoms with Gasteiger partial charge in [0.05, 0.1) is 19.5 Å². The van der Waals surface area contributed by atoms with Gasteiger partial charge in [-0.3, -0.25) is 9.36 Å². The van der Waals surface area contributed by atoms with Crippen LogP contribution < -0.4 is 21.1 Å². The Hall–Kier alpha value is -4.02. The van der Waals surface area contributed by atoms with Crippen molar-refractivity contribution < 1.29 is 14.3 Å². The third-order valence-electron chi connectivity index (χ3n) is 7.89. The monoisotopic (exact) mass is 571 g/mol. The molecular weight excluding hydrogens is 530 g/mol. The van der Waals surface area contributed by atoms with Gasteiger partial charge in [-0.25, -0.2) is 15.0 Å². The number of hydrogen-bond acceptors (Lipinski definition) is 8. The molecule has 3 heterocycles. The van der Waals surface area contributed by atoms with Crippen molar-refractivity contribution in [3.63, 3.8) is 0 Å². The van der Waals surface area contributed by atoms with Crippen LogP contribution in [0.5, 0.6) is 5.75 Å². The predicted octanol–water partition coefficient (Wildman–Crippen LogP) is 4.42. The number of anilines is 1. The third-order valence-corrected chi connectivity index (χ3v) is 7.89. The number of nitrogens with two attached hydrogens (primary N) is 1. The highest BCUT2D eigenvalue weighted by Gasteiger charge is 2.30. The SMILES string of the molecule is COc1ccc(CCNC(=O)CCC[C@H](CNCc2ccccc2)C[C@@H]2CC[C@H](n3cnc4c(N)ncnc43)O2)cc1. The lowest BCUT2D eigenvalue weighted by atomic mass is 9.94. The number of imidazole rings is 1. The number of methoxy groups -OCH3 is 1. The number of ether oxygens (including phenoxy) is 2. The number of rotatable bonds is 15. The van der Waals surface area contributed by atoms with Crippen LogP contribution in [0.3, 0.4) is 0 Å². The average Bonchev–Trinajstić information content (AvgIpc) is 3.66. The van der Waals surface area contributed by atoms with Crippen LogP contribution in [0.1, 0.15) is 55.9 Å². The van der Waals surface area contributed by atoms with Gasteiger partial charge in [-0.2, -0.15) is 0 Å². The van der Waals surface area contributed by atoms with Crippen LogP contribution in [0, 0.1) is 5.92 Å². The fourth-order valence-electron chi connectivity index (χ4n) is 5.62. The molecule has 0 bridgehead atoms. The van der Waals surface area contributed by atoms with E-state index in [2.05, 4.69) is 49.9 Å². The minimum Gasteiger partial charge on any atom is -0.497 e. The second-order valence-corrected chi connectivity index (χ2v) is 10.9. The van der Waals surface area contributed by atoms with Crippen LogP contribution in [-0.4, -0.2) is 51.7 Å². The zero-order chi connectivity index (χ0) is 29.1. The molecule has 10 heteroatoms. The molecule has 1 amide bonds. The van der Waals surface area contributed by atoms with Gasteiger partial charge in [0.2, 0.25) is 5.91 Å². The third kappa shape index (κ3) is 8.04. The van der Waals surface area contributed by atoms with Crippen LogP contribution >= 0.6 is 0 Å². The first-order valence-corrected chi connectivity index (χ1v) is 14.8. The minimum absolute atomic E-state index is 0.102. The van der Waals surface area contributed by atoms with Crippen molar-refractivity contribution in [3.8, 4) is 5.75 Å². The Bertz CT molecular complexity index is 1410. The number of fused-ring (bicyclic) bond motifs is 1. The van der Waals surface area contributed by atoms with E-state index in [0.29, 0.717) is 35.9 Å². The topological polar surface area (TPSA) is 129 Å². The molecule has 42 heavy (non-hydrogen) atoms. The van der Waals surface area contributed by atoms with Gasteiger partial charge in [-0.15, -0.1) is 0 Å². The number of nitrogens with zero attached hydrogens (tertiary/aromatic N) is 4. The second kappa shape index (κ2) is 14.7. The molecule has 1 fully saturated rings. The lowest BCUT2D eigenvalue weighted by Gasteiger charge is -2.22. The summed E-state index contributed by atoms with van der Waals surface area (Å²) in [6, 6.07) is 18.4. The highest BCUT2D eigenvalue weighted by atomic mass is 16.5. The lowest BCUT2D eigenvalue weighted by molar-refractivity contribution is -0.121. The molecule has 1 saturated heterocycles. The summed E-state index contributed by atoms with van der Waals surface area (Å²) in [6.07, 6.45) is 9.12. The maximum absolute atomic E-state index is 12.6. The van der Waals surface area contributed by atoms with Crippen molar-refractivity contribution >= 4 is 22.9 Å². The number of hydrogen-bond donors (Lipinski definition) is 3. The number of carbonyl (C=O) groups is 1. The Labute approximate surface area is 247 Å². The quantitative estimate of drug-likeness (QED) is 0.191. The Balaban J connectivity index is 1.10. The number of nitrogens with one attached hydrogen (secondary N) is 2. The number of nitrogen functional groups attached to an aromatic ring is 1. The van der Waals surface area contributed by atoms with E-state index in [1.807, 2.05) is 34.9 Å². The van der Waals surface area contributed by atoms with E-state index in [0.717, 1.165) is 57.4 Å². The van der Waals surface area contributed by atoms with Gasteiger partial charge in [0.25, 0.3) is 0 Å². The summed E-state index contributed by atoms with van der Waals surface area (Å²) >= 11 is 0. The van der Waals surface area contributed by atoms with Crippen molar-refractivity contribution in [2.45, 2.75) is 63.8 Å². The fourth-order valence-corrected chi connectivity index (χ4v) is 5.62.